The highest BCUT2D eigenvalue weighted by molar-refractivity contribution is 7.22. The molecule has 112 valence electrons. The van der Waals surface area contributed by atoms with Gasteiger partial charge in [-0.05, 0) is 18.2 Å². The minimum absolute atomic E-state index is 0.00368. The van der Waals surface area contributed by atoms with Crippen molar-refractivity contribution in [2.24, 2.45) is 0 Å². The van der Waals surface area contributed by atoms with Crippen LogP contribution in [0, 0.1) is 10.1 Å². The molecule has 22 heavy (non-hydrogen) atoms. The number of nitro groups is 1. The largest absolute Gasteiger partial charge is 0.497 e. The molecule has 2 aromatic heterocycles. The number of nitrogens with one attached hydrogen (secondary N) is 1. The van der Waals surface area contributed by atoms with Gasteiger partial charge in [-0.25, -0.2) is 15.0 Å². The Bertz CT molecular complexity index is 869. The first-order valence-corrected chi connectivity index (χ1v) is 7.14. The van der Waals surface area contributed by atoms with Crippen molar-refractivity contribution in [1.29, 1.82) is 0 Å². The summed E-state index contributed by atoms with van der Waals surface area (Å²) < 4.78 is 6.03. The van der Waals surface area contributed by atoms with Crippen molar-refractivity contribution in [1.82, 2.24) is 15.0 Å². The van der Waals surface area contributed by atoms with Gasteiger partial charge in [0.1, 0.15) is 12.1 Å². The minimum Gasteiger partial charge on any atom is -0.497 e. The van der Waals surface area contributed by atoms with Gasteiger partial charge in [-0.2, -0.15) is 0 Å². The normalized spacial score (nSPS) is 10.6. The summed E-state index contributed by atoms with van der Waals surface area (Å²) in [5.74, 6) is 0.704. The van der Waals surface area contributed by atoms with Crippen LogP contribution in [0.25, 0.3) is 10.2 Å². The molecular formula is C12H8ClN5O3S. The molecule has 0 aliphatic rings. The molecule has 1 aromatic carbocycles. The van der Waals surface area contributed by atoms with Gasteiger partial charge in [0.15, 0.2) is 5.13 Å². The Balaban J connectivity index is 2.00. The standard InChI is InChI=1S/C12H8ClN5O3S/c1-21-6-2-3-7-8(4-6)22-12(16-7)17-11-9(18(19)20)10(13)14-5-15-11/h2-5H,1H3,(H,14,15,16,17). The van der Waals surface area contributed by atoms with E-state index in [4.69, 9.17) is 16.3 Å². The number of nitrogens with zero attached hydrogens (tertiary/aromatic N) is 4. The Kier molecular flexibility index (Phi) is 3.73. The summed E-state index contributed by atoms with van der Waals surface area (Å²) in [4.78, 5) is 22.2. The molecule has 0 spiro atoms. The summed E-state index contributed by atoms with van der Waals surface area (Å²) in [5, 5.41) is 14.1. The maximum atomic E-state index is 11.1. The van der Waals surface area contributed by atoms with E-state index in [0.29, 0.717) is 10.9 Å². The van der Waals surface area contributed by atoms with E-state index in [0.717, 1.165) is 16.5 Å². The van der Waals surface area contributed by atoms with Crippen LogP contribution in [0.1, 0.15) is 0 Å². The third-order valence-corrected chi connectivity index (χ3v) is 3.99. The summed E-state index contributed by atoms with van der Waals surface area (Å²) >= 11 is 7.06. The maximum absolute atomic E-state index is 11.1. The second kappa shape index (κ2) is 5.70. The van der Waals surface area contributed by atoms with Gasteiger partial charge in [-0.1, -0.05) is 22.9 Å². The first kappa shape index (κ1) is 14.4. The molecule has 2 heterocycles. The van der Waals surface area contributed by atoms with Crippen LogP contribution in [0.5, 0.6) is 5.75 Å². The SMILES string of the molecule is COc1ccc2nc(Nc3ncnc(Cl)c3[N+](=O)[O-])sc2c1. The number of ether oxygens (including phenoxy) is 1. The molecule has 0 atom stereocenters. The predicted molar refractivity (Wildman–Crippen MR) is 83.2 cm³/mol. The number of hydrogen-bond donors (Lipinski definition) is 1. The lowest BCUT2D eigenvalue weighted by Gasteiger charge is -2.02. The van der Waals surface area contributed by atoms with Crippen molar-refractivity contribution < 1.29 is 9.66 Å². The van der Waals surface area contributed by atoms with Gasteiger partial charge < -0.3 is 10.1 Å². The van der Waals surface area contributed by atoms with Crippen LogP contribution in [-0.4, -0.2) is 27.0 Å². The molecule has 3 aromatic rings. The van der Waals surface area contributed by atoms with Crippen LogP contribution in [0.15, 0.2) is 24.5 Å². The molecule has 10 heteroatoms. The van der Waals surface area contributed by atoms with Crippen LogP contribution in [0.3, 0.4) is 0 Å². The Morgan fingerprint density at radius 2 is 2.23 bits per heavy atom. The highest BCUT2D eigenvalue weighted by Gasteiger charge is 2.22. The molecule has 0 fully saturated rings. The van der Waals surface area contributed by atoms with E-state index in [2.05, 4.69) is 20.3 Å². The van der Waals surface area contributed by atoms with E-state index in [1.54, 1.807) is 19.2 Å². The number of anilines is 2. The second-order valence-corrected chi connectivity index (χ2v) is 5.49. The first-order chi connectivity index (χ1) is 10.6. The fourth-order valence-electron chi connectivity index (χ4n) is 1.80. The number of thiazole rings is 1. The van der Waals surface area contributed by atoms with Gasteiger partial charge >= 0.3 is 5.69 Å². The van der Waals surface area contributed by atoms with Gasteiger partial charge in [0, 0.05) is 0 Å². The van der Waals surface area contributed by atoms with E-state index in [1.807, 2.05) is 6.07 Å². The molecule has 0 aliphatic carbocycles. The average molecular weight is 338 g/mol. The number of benzene rings is 1. The van der Waals surface area contributed by atoms with Crippen molar-refractivity contribution in [2.45, 2.75) is 0 Å². The van der Waals surface area contributed by atoms with E-state index in [-0.39, 0.29) is 16.7 Å². The van der Waals surface area contributed by atoms with Gasteiger partial charge in [-0.3, -0.25) is 10.1 Å². The van der Waals surface area contributed by atoms with Crippen LogP contribution in [0.2, 0.25) is 5.15 Å². The molecule has 3 rings (SSSR count). The van der Waals surface area contributed by atoms with E-state index >= 15 is 0 Å². The van der Waals surface area contributed by atoms with Crippen molar-refractivity contribution in [3.8, 4) is 5.75 Å². The lowest BCUT2D eigenvalue weighted by Crippen LogP contribution is -2.01. The fourth-order valence-corrected chi connectivity index (χ4v) is 2.89. The van der Waals surface area contributed by atoms with Crippen molar-refractivity contribution in [3.05, 3.63) is 39.8 Å². The summed E-state index contributed by atoms with van der Waals surface area (Å²) in [7, 11) is 1.58. The third-order valence-electron chi connectivity index (χ3n) is 2.78. The Morgan fingerprint density at radius 3 is 2.95 bits per heavy atom. The summed E-state index contributed by atoms with van der Waals surface area (Å²) in [6, 6.07) is 5.42. The first-order valence-electron chi connectivity index (χ1n) is 5.95. The average Bonchev–Trinajstić information content (AvgIpc) is 2.87. The second-order valence-electron chi connectivity index (χ2n) is 4.10. The number of hydrogen-bond acceptors (Lipinski definition) is 8. The lowest BCUT2D eigenvalue weighted by molar-refractivity contribution is -0.384. The molecule has 0 saturated carbocycles. The van der Waals surface area contributed by atoms with E-state index < -0.39 is 4.92 Å². The van der Waals surface area contributed by atoms with Crippen molar-refractivity contribution in [2.75, 3.05) is 12.4 Å². The van der Waals surface area contributed by atoms with Crippen LogP contribution >= 0.6 is 22.9 Å². The summed E-state index contributed by atoms with van der Waals surface area (Å²) in [6.07, 6.45) is 1.15. The lowest BCUT2D eigenvalue weighted by atomic mass is 10.3. The van der Waals surface area contributed by atoms with Gasteiger partial charge in [0.25, 0.3) is 0 Å². The molecule has 0 amide bonds. The molecule has 8 nitrogen and oxygen atoms in total. The molecular weight excluding hydrogens is 330 g/mol. The highest BCUT2D eigenvalue weighted by atomic mass is 35.5. The molecule has 0 radical (unpaired) electrons. The molecule has 0 saturated heterocycles. The van der Waals surface area contributed by atoms with Crippen LogP contribution < -0.4 is 10.1 Å². The van der Waals surface area contributed by atoms with Gasteiger partial charge in [0.2, 0.25) is 11.0 Å². The Morgan fingerprint density at radius 1 is 1.41 bits per heavy atom. The number of rotatable bonds is 4. The Hall–Kier alpha value is -2.52. The maximum Gasteiger partial charge on any atom is 0.348 e. The highest BCUT2D eigenvalue weighted by Crippen LogP contribution is 2.34. The monoisotopic (exact) mass is 337 g/mol. The topological polar surface area (TPSA) is 103 Å². The molecule has 1 N–H and O–H groups in total. The van der Waals surface area contributed by atoms with Crippen molar-refractivity contribution in [3.63, 3.8) is 0 Å². The van der Waals surface area contributed by atoms with Crippen LogP contribution in [0.4, 0.5) is 16.6 Å². The van der Waals surface area contributed by atoms with Crippen molar-refractivity contribution >= 4 is 49.8 Å². The zero-order chi connectivity index (χ0) is 15.7. The quantitative estimate of drug-likeness (QED) is 0.442. The fraction of sp³-hybridized carbons (Fsp3) is 0.0833. The molecule has 0 bridgehead atoms. The number of fused-ring (bicyclic) bond motifs is 1. The zero-order valence-corrected chi connectivity index (χ0v) is 12.7. The predicted octanol–water partition coefficient (Wildman–Crippen LogP) is 3.40. The van der Waals surface area contributed by atoms with E-state index in [1.165, 1.54) is 11.3 Å². The smallest absolute Gasteiger partial charge is 0.348 e. The van der Waals surface area contributed by atoms with Crippen LogP contribution in [-0.2, 0) is 0 Å². The molecule has 0 aliphatic heterocycles. The summed E-state index contributed by atoms with van der Waals surface area (Å²) in [5.41, 5.74) is 0.358. The van der Waals surface area contributed by atoms with Gasteiger partial charge in [0.05, 0.1) is 22.2 Å². The number of aromatic nitrogens is 3. The van der Waals surface area contributed by atoms with E-state index in [9.17, 15) is 10.1 Å². The molecule has 0 unspecified atom stereocenters. The van der Waals surface area contributed by atoms with Gasteiger partial charge in [-0.15, -0.1) is 0 Å². The Labute approximate surface area is 132 Å². The number of methoxy groups -OCH3 is 1. The third kappa shape index (κ3) is 2.63. The number of halogens is 1. The zero-order valence-electron chi connectivity index (χ0n) is 11.1. The summed E-state index contributed by atoms with van der Waals surface area (Å²) in [6.45, 7) is 0. The minimum atomic E-state index is -0.638.